The van der Waals surface area contributed by atoms with E-state index in [9.17, 15) is 18.0 Å². The van der Waals surface area contributed by atoms with Gasteiger partial charge < -0.3 is 10.1 Å². The number of carbonyl (C=O) groups excluding carboxylic acids is 1. The third kappa shape index (κ3) is 5.84. The largest absolute Gasteiger partial charge is 0.416 e. The van der Waals surface area contributed by atoms with Gasteiger partial charge in [0.2, 0.25) is 11.1 Å². The van der Waals surface area contributed by atoms with E-state index in [1.807, 2.05) is 0 Å². The molecule has 2 atom stereocenters. The van der Waals surface area contributed by atoms with Crippen LogP contribution in [0.25, 0.3) is 0 Å². The Morgan fingerprint density at radius 2 is 2.06 bits per heavy atom. The Kier molecular flexibility index (Phi) is 7.20. The molecule has 2 unspecified atom stereocenters. The maximum atomic E-state index is 13.2. The molecule has 7 nitrogen and oxygen atoms in total. The molecule has 1 aliphatic heterocycles. The average molecular weight is 498 g/mol. The molecule has 33 heavy (non-hydrogen) atoms. The predicted molar refractivity (Wildman–Crippen MR) is 117 cm³/mol. The number of anilines is 1. The van der Waals surface area contributed by atoms with Gasteiger partial charge in [0, 0.05) is 6.61 Å². The molecular weight excluding hydrogens is 479 g/mol. The molecule has 1 fully saturated rings. The van der Waals surface area contributed by atoms with Crippen molar-refractivity contribution in [1.82, 2.24) is 20.2 Å². The van der Waals surface area contributed by atoms with Crippen molar-refractivity contribution >= 4 is 35.0 Å². The molecule has 1 saturated heterocycles. The van der Waals surface area contributed by atoms with Gasteiger partial charge in [-0.2, -0.15) is 13.2 Å². The van der Waals surface area contributed by atoms with Crippen LogP contribution in [0.2, 0.25) is 5.02 Å². The Labute approximate surface area is 196 Å². The third-order valence-corrected chi connectivity index (χ3v) is 6.57. The zero-order valence-electron chi connectivity index (χ0n) is 17.1. The quantitative estimate of drug-likeness (QED) is 0.463. The molecule has 0 saturated carbocycles. The van der Waals surface area contributed by atoms with Gasteiger partial charge in [0.15, 0.2) is 0 Å². The highest BCUT2D eigenvalue weighted by Crippen LogP contribution is 2.37. The Hall–Kier alpha value is -2.63. The van der Waals surface area contributed by atoms with E-state index >= 15 is 0 Å². The number of ether oxygens (including phenoxy) is 1. The zero-order chi connectivity index (χ0) is 23.4. The lowest BCUT2D eigenvalue weighted by Gasteiger charge is -2.18. The Balaban J connectivity index is 1.59. The van der Waals surface area contributed by atoms with E-state index in [-0.39, 0.29) is 16.8 Å². The number of nitrogens with one attached hydrogen (secondary N) is 1. The zero-order valence-corrected chi connectivity index (χ0v) is 18.7. The molecule has 1 aliphatic rings. The van der Waals surface area contributed by atoms with E-state index in [0.717, 1.165) is 42.8 Å². The van der Waals surface area contributed by atoms with Crippen molar-refractivity contribution in [3.05, 3.63) is 64.7 Å². The minimum absolute atomic E-state index is 0.00335. The van der Waals surface area contributed by atoms with E-state index in [1.54, 1.807) is 35.0 Å². The van der Waals surface area contributed by atoms with Crippen molar-refractivity contribution in [1.29, 1.82) is 0 Å². The first-order chi connectivity index (χ1) is 15.8. The van der Waals surface area contributed by atoms with Gasteiger partial charge in [0.25, 0.3) is 0 Å². The van der Waals surface area contributed by atoms with E-state index < -0.39 is 22.9 Å². The molecular formula is C21H19ClF3N5O2S. The molecule has 2 aromatic carbocycles. The van der Waals surface area contributed by atoms with Crippen molar-refractivity contribution in [3.63, 3.8) is 0 Å². The van der Waals surface area contributed by atoms with E-state index in [0.29, 0.717) is 23.9 Å². The molecule has 0 aliphatic carbocycles. The van der Waals surface area contributed by atoms with Gasteiger partial charge in [-0.05, 0) is 47.0 Å². The number of nitrogens with zero attached hydrogens (tertiary/aromatic N) is 4. The highest BCUT2D eigenvalue weighted by atomic mass is 35.5. The molecule has 1 aromatic heterocycles. The molecule has 3 aromatic rings. The maximum absolute atomic E-state index is 13.2. The first kappa shape index (κ1) is 23.5. The summed E-state index contributed by atoms with van der Waals surface area (Å²) in [4.78, 5) is 13.2. The van der Waals surface area contributed by atoms with Crippen LogP contribution in [0.15, 0.2) is 53.7 Å². The van der Waals surface area contributed by atoms with Gasteiger partial charge in [-0.1, -0.05) is 53.7 Å². The fraction of sp³-hybridized carbons (Fsp3) is 0.333. The number of hydrogen-bond donors (Lipinski definition) is 1. The number of halogens is 4. The van der Waals surface area contributed by atoms with Crippen LogP contribution in [-0.4, -0.2) is 38.8 Å². The van der Waals surface area contributed by atoms with Crippen LogP contribution in [0.5, 0.6) is 0 Å². The van der Waals surface area contributed by atoms with Gasteiger partial charge in [-0.25, -0.2) is 4.68 Å². The van der Waals surface area contributed by atoms with Crippen LogP contribution in [0, 0.1) is 0 Å². The van der Waals surface area contributed by atoms with E-state index in [4.69, 9.17) is 16.3 Å². The number of rotatable bonds is 7. The van der Waals surface area contributed by atoms with Crippen molar-refractivity contribution in [3.8, 4) is 0 Å². The molecule has 12 heteroatoms. The summed E-state index contributed by atoms with van der Waals surface area (Å²) in [6.07, 6.45) is -2.73. The minimum Gasteiger partial charge on any atom is -0.376 e. The summed E-state index contributed by atoms with van der Waals surface area (Å²) in [5.74, 6) is -0.556. The predicted octanol–water partition coefficient (Wildman–Crippen LogP) is 5.00. The lowest BCUT2D eigenvalue weighted by atomic mass is 10.1. The number of amides is 1. The lowest BCUT2D eigenvalue weighted by Crippen LogP contribution is -2.21. The summed E-state index contributed by atoms with van der Waals surface area (Å²) < 4.78 is 46.6. The van der Waals surface area contributed by atoms with Crippen LogP contribution in [0.3, 0.4) is 0 Å². The number of alkyl halides is 3. The van der Waals surface area contributed by atoms with Crippen LogP contribution in [0.1, 0.15) is 29.2 Å². The molecule has 4 rings (SSSR count). The first-order valence-corrected chi connectivity index (χ1v) is 11.3. The number of carbonyl (C=O) groups is 1. The van der Waals surface area contributed by atoms with Gasteiger partial charge in [-0.15, -0.1) is 5.10 Å². The molecule has 2 heterocycles. The van der Waals surface area contributed by atoms with Crippen LogP contribution in [0.4, 0.5) is 18.9 Å². The fourth-order valence-electron chi connectivity index (χ4n) is 3.38. The molecule has 0 bridgehead atoms. The monoisotopic (exact) mass is 497 g/mol. The standard InChI is InChI=1S/C21H19ClF3N5O2S/c22-16-9-8-14(21(23,24)25)11-17(16)26-19(31)18(13-5-2-1-3-6-13)33-20-27-28-29-30(20)12-15-7-4-10-32-15/h1-3,5-6,8-9,11,15,18H,4,7,10,12H2,(H,26,31). The Morgan fingerprint density at radius 3 is 2.76 bits per heavy atom. The van der Waals surface area contributed by atoms with Gasteiger partial charge >= 0.3 is 6.18 Å². The van der Waals surface area contributed by atoms with Gasteiger partial charge in [0.05, 0.1) is 28.9 Å². The molecule has 0 spiro atoms. The minimum atomic E-state index is -4.57. The highest BCUT2D eigenvalue weighted by Gasteiger charge is 2.32. The van der Waals surface area contributed by atoms with Crippen LogP contribution in [-0.2, 0) is 22.3 Å². The van der Waals surface area contributed by atoms with Crippen molar-refractivity contribution < 1.29 is 22.7 Å². The summed E-state index contributed by atoms with van der Waals surface area (Å²) in [5, 5.41) is 13.8. The van der Waals surface area contributed by atoms with Gasteiger partial charge in [-0.3, -0.25) is 4.79 Å². The molecule has 1 amide bonds. The first-order valence-electron chi connectivity index (χ1n) is 10.1. The molecule has 174 valence electrons. The summed E-state index contributed by atoms with van der Waals surface area (Å²) in [6.45, 7) is 1.12. The number of hydrogen-bond acceptors (Lipinski definition) is 6. The normalized spacial score (nSPS) is 17.2. The highest BCUT2D eigenvalue weighted by molar-refractivity contribution is 8.00. The van der Waals surface area contributed by atoms with Crippen LogP contribution < -0.4 is 5.32 Å². The third-order valence-electron chi connectivity index (χ3n) is 5.01. The van der Waals surface area contributed by atoms with Crippen molar-refractivity contribution in [2.45, 2.75) is 42.1 Å². The summed E-state index contributed by atoms with van der Waals surface area (Å²) in [6, 6.07) is 11.6. The molecule has 1 N–H and O–H groups in total. The van der Waals surface area contributed by atoms with Crippen molar-refractivity contribution in [2.24, 2.45) is 0 Å². The van der Waals surface area contributed by atoms with E-state index in [2.05, 4.69) is 20.8 Å². The van der Waals surface area contributed by atoms with Crippen LogP contribution >= 0.6 is 23.4 Å². The summed E-state index contributed by atoms with van der Waals surface area (Å²) in [5.41, 5.74) is -0.404. The molecule has 0 radical (unpaired) electrons. The fourth-order valence-corrected chi connectivity index (χ4v) is 4.53. The maximum Gasteiger partial charge on any atom is 0.416 e. The number of thioether (sulfide) groups is 1. The smallest absolute Gasteiger partial charge is 0.376 e. The SMILES string of the molecule is O=C(Nc1cc(C(F)(F)F)ccc1Cl)C(Sc1nnnn1CC1CCCO1)c1ccccc1. The topological polar surface area (TPSA) is 81.9 Å². The summed E-state index contributed by atoms with van der Waals surface area (Å²) >= 11 is 7.16. The number of benzene rings is 2. The number of aromatic nitrogens is 4. The lowest BCUT2D eigenvalue weighted by molar-refractivity contribution is -0.137. The van der Waals surface area contributed by atoms with Crippen molar-refractivity contribution in [2.75, 3.05) is 11.9 Å². The van der Waals surface area contributed by atoms with E-state index in [1.165, 1.54) is 0 Å². The van der Waals surface area contributed by atoms with Gasteiger partial charge in [0.1, 0.15) is 5.25 Å². The second-order valence-corrected chi connectivity index (χ2v) is 8.85. The second-order valence-electron chi connectivity index (χ2n) is 7.37. The number of tetrazole rings is 1. The Morgan fingerprint density at radius 1 is 1.27 bits per heavy atom. The Bertz CT molecular complexity index is 1110. The second kappa shape index (κ2) is 10.1. The average Bonchev–Trinajstić information content (AvgIpc) is 3.46. The summed E-state index contributed by atoms with van der Waals surface area (Å²) in [7, 11) is 0.